The molecule has 0 spiro atoms. The van der Waals surface area contributed by atoms with E-state index in [4.69, 9.17) is 10.5 Å². The van der Waals surface area contributed by atoms with Crippen molar-refractivity contribution in [2.75, 3.05) is 26.3 Å². The number of imidazole rings is 1. The number of carbonyl (C=O) groups is 10. The predicted molar refractivity (Wildman–Crippen MR) is 270 cm³/mol. The average Bonchev–Trinajstić information content (AvgIpc) is 4.14. The van der Waals surface area contributed by atoms with Crippen LogP contribution < -0.4 is 43.0 Å². The van der Waals surface area contributed by atoms with E-state index in [2.05, 4.69) is 47.2 Å². The highest BCUT2D eigenvalue weighted by Gasteiger charge is 2.55. The number of aliphatic hydroxyl groups excluding tert-OH is 5. The maximum atomic E-state index is 14.3. The van der Waals surface area contributed by atoms with Gasteiger partial charge in [0.1, 0.15) is 60.6 Å². The van der Waals surface area contributed by atoms with Crippen LogP contribution in [-0.4, -0.2) is 220 Å². The Balaban J connectivity index is 1.86. The fraction of sp³-hybridized carbons (Fsp3) is 0.729. The minimum atomic E-state index is -2.11. The summed E-state index contributed by atoms with van der Waals surface area (Å²) in [4.78, 5) is 141. The van der Waals surface area contributed by atoms with E-state index in [1.807, 2.05) is 0 Å². The number of ether oxygens (including phenoxy) is 1. The molecule has 2 fully saturated rings. The summed E-state index contributed by atoms with van der Waals surface area (Å²) in [5.74, 6) is -11.9. The van der Waals surface area contributed by atoms with Gasteiger partial charge in [0.15, 0.2) is 5.72 Å². The van der Waals surface area contributed by atoms with Crippen LogP contribution in [-0.2, 0) is 59.1 Å². The molecule has 0 radical (unpaired) electrons. The maximum Gasteiger partial charge on any atom is 0.326 e. The number of amides is 7. The Hall–Kier alpha value is -6.41. The Labute approximate surface area is 449 Å². The van der Waals surface area contributed by atoms with E-state index in [1.54, 1.807) is 27.7 Å². The number of nitrogens with zero attached hydrogens (tertiary/aromatic N) is 2. The highest BCUT2D eigenvalue weighted by molar-refractivity contribution is 5.98. The molecule has 7 amide bonds. The molecule has 1 aromatic rings. The molecule has 0 aromatic carbocycles. The highest BCUT2D eigenvalue weighted by Crippen LogP contribution is 2.30. The van der Waals surface area contributed by atoms with Crippen LogP contribution in [0, 0.1) is 11.8 Å². The lowest BCUT2D eigenvalue weighted by Gasteiger charge is -2.36. The Morgan fingerprint density at radius 2 is 1.32 bits per heavy atom. The van der Waals surface area contributed by atoms with Gasteiger partial charge in [-0.15, -0.1) is 0 Å². The van der Waals surface area contributed by atoms with Gasteiger partial charge in [0, 0.05) is 37.7 Å². The zero-order valence-corrected chi connectivity index (χ0v) is 44.4. The summed E-state index contributed by atoms with van der Waals surface area (Å²) in [5.41, 5.74) is 3.74. The molecule has 2 saturated heterocycles. The lowest BCUT2D eigenvalue weighted by Crippen LogP contribution is -2.66. The van der Waals surface area contributed by atoms with E-state index >= 15 is 0 Å². The number of hydrogen-bond donors (Lipinski definition) is 17. The first kappa shape index (κ1) is 65.9. The number of carboxylic acids is 3. The van der Waals surface area contributed by atoms with Gasteiger partial charge in [-0.1, -0.05) is 27.7 Å². The number of carboxylic acid groups (broad SMARTS) is 3. The van der Waals surface area contributed by atoms with E-state index in [0.717, 1.165) is 4.90 Å². The van der Waals surface area contributed by atoms with Crippen molar-refractivity contribution in [1.82, 2.24) is 52.1 Å². The summed E-state index contributed by atoms with van der Waals surface area (Å²) in [7, 11) is 0. The van der Waals surface area contributed by atoms with Gasteiger partial charge in [-0.3, -0.25) is 48.5 Å². The summed E-state index contributed by atoms with van der Waals surface area (Å²) >= 11 is 0. The van der Waals surface area contributed by atoms with E-state index in [9.17, 15) is 88.8 Å². The molecule has 30 heteroatoms. The van der Waals surface area contributed by atoms with Crippen LogP contribution in [0.3, 0.4) is 0 Å². The molecule has 0 bridgehead atoms. The van der Waals surface area contributed by atoms with Gasteiger partial charge in [-0.25, -0.2) is 9.78 Å². The molecule has 2 aliphatic heterocycles. The lowest BCUT2D eigenvalue weighted by atomic mass is 9.97. The molecule has 3 rings (SSSR count). The minimum absolute atomic E-state index is 0.0158. The summed E-state index contributed by atoms with van der Waals surface area (Å²) < 4.78 is 5.60. The lowest BCUT2D eigenvalue weighted by molar-refractivity contribution is -0.153. The zero-order chi connectivity index (χ0) is 58.6. The van der Waals surface area contributed by atoms with Crippen molar-refractivity contribution in [3.63, 3.8) is 0 Å². The number of rotatable bonds is 34. The van der Waals surface area contributed by atoms with Gasteiger partial charge < -0.3 is 93.1 Å². The predicted octanol–water partition coefficient (Wildman–Crippen LogP) is -5.36. The van der Waals surface area contributed by atoms with Crippen molar-refractivity contribution < 1.29 is 93.5 Å². The number of nitrogens with one attached hydrogen (secondary N) is 8. The van der Waals surface area contributed by atoms with Gasteiger partial charge in [-0.2, -0.15) is 0 Å². The van der Waals surface area contributed by atoms with Gasteiger partial charge in [0.05, 0.1) is 31.7 Å². The number of likely N-dealkylation sites (tertiary alicyclic amines) is 1. The molecule has 1 aromatic heterocycles. The van der Waals surface area contributed by atoms with E-state index in [0.29, 0.717) is 18.5 Å². The molecule has 0 saturated carbocycles. The highest BCUT2D eigenvalue weighted by atomic mass is 16.6. The Morgan fingerprint density at radius 1 is 0.756 bits per heavy atom. The second-order valence-electron chi connectivity index (χ2n) is 20.3. The molecular weight excluding hydrogens is 1030 g/mol. The molecule has 18 N–H and O–H groups in total. The fourth-order valence-electron chi connectivity index (χ4n) is 8.95. The van der Waals surface area contributed by atoms with E-state index in [-0.39, 0.29) is 51.1 Å². The van der Waals surface area contributed by atoms with E-state index in [1.165, 1.54) is 19.4 Å². The van der Waals surface area contributed by atoms with Gasteiger partial charge in [0.25, 0.3) is 0 Å². The number of hydrogen-bond acceptors (Lipinski definition) is 19. The van der Waals surface area contributed by atoms with Crippen molar-refractivity contribution in [3.8, 4) is 0 Å². The first-order chi connectivity index (χ1) is 36.7. The molecule has 13 atom stereocenters. The topological polar surface area (TPSA) is 484 Å². The monoisotopic (exact) mass is 1110 g/mol. The van der Waals surface area contributed by atoms with Gasteiger partial charge in [0.2, 0.25) is 41.4 Å². The van der Waals surface area contributed by atoms with Crippen molar-refractivity contribution in [3.05, 3.63) is 18.2 Å². The van der Waals surface area contributed by atoms with Crippen LogP contribution in [0.5, 0.6) is 0 Å². The number of aliphatic carboxylic acids is 3. The van der Waals surface area contributed by atoms with Crippen LogP contribution in [0.4, 0.5) is 0 Å². The largest absolute Gasteiger partial charge is 0.481 e. The Kier molecular flexibility index (Phi) is 26.4. The summed E-state index contributed by atoms with van der Waals surface area (Å²) in [5, 5.41) is 98.3. The van der Waals surface area contributed by atoms with Crippen LogP contribution in [0.15, 0.2) is 12.5 Å². The third kappa shape index (κ3) is 19.2. The van der Waals surface area contributed by atoms with Crippen molar-refractivity contribution in [2.45, 2.75) is 184 Å². The van der Waals surface area contributed by atoms with Crippen LogP contribution >= 0.6 is 0 Å². The van der Waals surface area contributed by atoms with Crippen molar-refractivity contribution in [1.29, 1.82) is 0 Å². The van der Waals surface area contributed by atoms with Crippen LogP contribution in [0.25, 0.3) is 0 Å². The van der Waals surface area contributed by atoms with Crippen molar-refractivity contribution in [2.24, 2.45) is 17.6 Å². The number of carbonyl (C=O) groups excluding carboxylic acids is 7. The second kappa shape index (κ2) is 31.3. The zero-order valence-electron chi connectivity index (χ0n) is 44.4. The minimum Gasteiger partial charge on any atom is -0.481 e. The summed E-state index contributed by atoms with van der Waals surface area (Å²) in [6, 6.07) is -12.1. The molecule has 0 aliphatic carbocycles. The third-order valence-electron chi connectivity index (χ3n) is 13.3. The molecule has 2 aliphatic rings. The van der Waals surface area contributed by atoms with Crippen molar-refractivity contribution >= 4 is 59.3 Å². The smallest absolute Gasteiger partial charge is 0.326 e. The summed E-state index contributed by atoms with van der Waals surface area (Å²) in [6.07, 6.45) is -5.54. The first-order valence-corrected chi connectivity index (χ1v) is 25.9. The van der Waals surface area contributed by atoms with Crippen LogP contribution in [0.2, 0.25) is 0 Å². The van der Waals surface area contributed by atoms with Gasteiger partial charge in [-0.05, 0) is 76.7 Å². The number of aromatic nitrogens is 2. The van der Waals surface area contributed by atoms with E-state index < -0.39 is 183 Å². The number of nitrogens with two attached hydrogens (primary N) is 1. The Morgan fingerprint density at radius 3 is 1.82 bits per heavy atom. The quantitative estimate of drug-likeness (QED) is 0.0287. The molecule has 8 unspecified atom stereocenters. The fourth-order valence-corrected chi connectivity index (χ4v) is 8.95. The molecule has 3 heterocycles. The summed E-state index contributed by atoms with van der Waals surface area (Å²) in [6.45, 7) is 6.31. The van der Waals surface area contributed by atoms with Crippen LogP contribution in [0.1, 0.15) is 105 Å². The maximum absolute atomic E-state index is 14.3. The third-order valence-corrected chi connectivity index (χ3v) is 13.3. The molecule has 30 nitrogen and oxygen atoms in total. The number of aromatic amines is 1. The van der Waals surface area contributed by atoms with Gasteiger partial charge >= 0.3 is 17.9 Å². The molecular formula is C48H79N11O19. The normalized spacial score (nSPS) is 22.2. The number of unbranched alkanes of at least 4 members (excludes halogenated alkanes) is 1. The Bertz CT molecular complexity index is 2200. The SMILES string of the molecule is CC(C)CC(NC(=O)C(Cc1cnc[nH]1)NC(=O)C(N[C@@]1(CO)O[C@H](CO)[C@@H](O)[C@@H]1O)C(C)C)C(=O)NC(C(=O)N1CCC[C@H]1C(=O)NC(CCC(=O)O)C(=O)NC(CCC(=O)O)C(=O)NC(CCCCN)C(=O)O)C(C)O. The number of aliphatic hydroxyl groups is 5. The molecule has 440 valence electrons. The standard InChI is InChI=1S/C48H79N11O19/c1-23(2)17-30(55-42(71)31(18-26-19-50-22-51-26)56-45(74)36(24(3)4)58-48(21-61)39(68)38(67)33(20-60)78-48)43(72)57-37(25(5)62)46(75)59-16-8-10-32(59)44(73)53-28(12-14-35(65)66)40(69)52-27(11-13-34(63)64)41(70)54-29(47(76)77)9-6-7-15-49/h19,22-25,27-33,36-39,58,60-62,67-68H,6-18,20-21,49H2,1-5H3,(H,50,51)(H,52,69)(H,53,73)(H,54,70)(H,55,71)(H,56,74)(H,57,72)(H,63,64)(H,65,66)(H,76,77)/t25?,27?,28?,29?,30?,31?,32-,33+,36?,37?,38+,39-,48-/m0/s1. The average molecular weight is 1110 g/mol. The second-order valence-corrected chi connectivity index (χ2v) is 20.3. The molecule has 78 heavy (non-hydrogen) atoms. The first-order valence-electron chi connectivity index (χ1n) is 25.9. The number of H-pyrrole nitrogens is 1.